The molecule has 118 valence electrons. The topological polar surface area (TPSA) is 96.5 Å². The molecule has 1 heterocycles. The third kappa shape index (κ3) is 5.68. The predicted molar refractivity (Wildman–Crippen MR) is 68.9 cm³/mol. The standard InChI is InChI=1S/C11H14F3N3O3S/c1-10(2,20)4-17(5-11(12,13)14)9(19)8-16-6(3-21-8)7(15)18/h3,20H,4-5H2,1-2H3,(H2,15,18). The lowest BCUT2D eigenvalue weighted by molar-refractivity contribution is -0.144. The number of hydrogen-bond acceptors (Lipinski definition) is 5. The normalized spacial score (nSPS) is 12.3. The molecule has 0 radical (unpaired) electrons. The van der Waals surface area contributed by atoms with E-state index in [1.807, 2.05) is 0 Å². The van der Waals surface area contributed by atoms with Gasteiger partial charge in [0.15, 0.2) is 5.01 Å². The molecule has 6 nitrogen and oxygen atoms in total. The van der Waals surface area contributed by atoms with Crippen LogP contribution in [-0.4, -0.2) is 51.7 Å². The van der Waals surface area contributed by atoms with Crippen molar-refractivity contribution < 1.29 is 27.9 Å². The van der Waals surface area contributed by atoms with Gasteiger partial charge in [-0.2, -0.15) is 13.2 Å². The second-order valence-electron chi connectivity index (χ2n) is 4.99. The number of nitrogens with zero attached hydrogens (tertiary/aromatic N) is 2. The van der Waals surface area contributed by atoms with Crippen molar-refractivity contribution in [2.75, 3.05) is 13.1 Å². The maximum Gasteiger partial charge on any atom is 0.406 e. The van der Waals surface area contributed by atoms with Gasteiger partial charge in [0, 0.05) is 11.9 Å². The van der Waals surface area contributed by atoms with Crippen LogP contribution in [0.15, 0.2) is 5.38 Å². The summed E-state index contributed by atoms with van der Waals surface area (Å²) in [4.78, 5) is 27.0. The molecule has 2 amide bonds. The monoisotopic (exact) mass is 325 g/mol. The minimum absolute atomic E-state index is 0.196. The van der Waals surface area contributed by atoms with Crippen molar-refractivity contribution in [3.63, 3.8) is 0 Å². The molecule has 21 heavy (non-hydrogen) atoms. The number of amides is 2. The second-order valence-corrected chi connectivity index (χ2v) is 5.85. The Morgan fingerprint density at radius 2 is 1.95 bits per heavy atom. The molecule has 0 bridgehead atoms. The summed E-state index contributed by atoms with van der Waals surface area (Å²) in [5.74, 6) is -1.90. The fourth-order valence-corrected chi connectivity index (χ4v) is 2.28. The molecule has 0 saturated heterocycles. The Bertz CT molecular complexity index is 521. The third-order valence-electron chi connectivity index (χ3n) is 2.17. The first-order valence-electron chi connectivity index (χ1n) is 5.73. The van der Waals surface area contributed by atoms with Gasteiger partial charge in [-0.25, -0.2) is 4.98 Å². The van der Waals surface area contributed by atoms with Crippen LogP contribution in [0.25, 0.3) is 0 Å². The van der Waals surface area contributed by atoms with Crippen LogP contribution in [0.3, 0.4) is 0 Å². The molecule has 1 aromatic heterocycles. The first kappa shape index (κ1) is 17.4. The van der Waals surface area contributed by atoms with Crippen molar-refractivity contribution in [1.29, 1.82) is 0 Å². The van der Waals surface area contributed by atoms with Gasteiger partial charge >= 0.3 is 6.18 Å². The van der Waals surface area contributed by atoms with Gasteiger partial charge in [0.05, 0.1) is 5.60 Å². The van der Waals surface area contributed by atoms with Crippen molar-refractivity contribution in [3.8, 4) is 0 Å². The highest BCUT2D eigenvalue weighted by Gasteiger charge is 2.36. The lowest BCUT2D eigenvalue weighted by Crippen LogP contribution is -2.46. The number of nitrogens with two attached hydrogens (primary N) is 1. The zero-order valence-electron chi connectivity index (χ0n) is 11.3. The second kappa shape index (κ2) is 5.98. The van der Waals surface area contributed by atoms with Gasteiger partial charge in [0.2, 0.25) is 0 Å². The third-order valence-corrected chi connectivity index (χ3v) is 3.01. The van der Waals surface area contributed by atoms with E-state index in [9.17, 15) is 27.9 Å². The number of aliphatic hydroxyl groups is 1. The molecule has 0 aromatic carbocycles. The Morgan fingerprint density at radius 3 is 2.33 bits per heavy atom. The van der Waals surface area contributed by atoms with E-state index in [4.69, 9.17) is 5.73 Å². The number of halogens is 3. The Kier molecular flexibility index (Phi) is 4.95. The van der Waals surface area contributed by atoms with Gasteiger partial charge in [0.1, 0.15) is 12.2 Å². The largest absolute Gasteiger partial charge is 0.406 e. The van der Waals surface area contributed by atoms with Gasteiger partial charge in [-0.05, 0) is 13.8 Å². The molecule has 3 N–H and O–H groups in total. The predicted octanol–water partition coefficient (Wildman–Crippen LogP) is 1.02. The zero-order valence-corrected chi connectivity index (χ0v) is 12.1. The number of hydrogen-bond donors (Lipinski definition) is 2. The van der Waals surface area contributed by atoms with Crippen LogP contribution >= 0.6 is 11.3 Å². The van der Waals surface area contributed by atoms with Crippen molar-refractivity contribution in [1.82, 2.24) is 9.88 Å². The molecule has 1 rings (SSSR count). The van der Waals surface area contributed by atoms with Gasteiger partial charge in [0.25, 0.3) is 11.8 Å². The maximum absolute atomic E-state index is 12.5. The van der Waals surface area contributed by atoms with E-state index in [1.165, 1.54) is 19.2 Å². The summed E-state index contributed by atoms with van der Waals surface area (Å²) in [5, 5.41) is 10.5. The number of carbonyl (C=O) groups excluding carboxylic acids is 2. The fourth-order valence-electron chi connectivity index (χ4n) is 1.50. The lowest BCUT2D eigenvalue weighted by atomic mass is 10.1. The molecular formula is C11H14F3N3O3S. The SMILES string of the molecule is CC(C)(O)CN(CC(F)(F)F)C(=O)c1nc(C(N)=O)cs1. The summed E-state index contributed by atoms with van der Waals surface area (Å²) in [6, 6.07) is 0. The summed E-state index contributed by atoms with van der Waals surface area (Å²) in [7, 11) is 0. The van der Waals surface area contributed by atoms with Crippen molar-refractivity contribution in [2.45, 2.75) is 25.6 Å². The first-order valence-corrected chi connectivity index (χ1v) is 6.61. The summed E-state index contributed by atoms with van der Waals surface area (Å²) in [5.41, 5.74) is 3.26. The average molecular weight is 325 g/mol. The summed E-state index contributed by atoms with van der Waals surface area (Å²) >= 11 is 0.714. The molecule has 0 aliphatic heterocycles. The Balaban J connectivity index is 3.00. The molecule has 0 unspecified atom stereocenters. The molecule has 0 fully saturated rings. The van der Waals surface area contributed by atoms with Crippen LogP contribution in [0.1, 0.15) is 34.1 Å². The van der Waals surface area contributed by atoms with Crippen LogP contribution in [0, 0.1) is 0 Å². The molecule has 0 spiro atoms. The smallest absolute Gasteiger partial charge is 0.389 e. The van der Waals surface area contributed by atoms with E-state index >= 15 is 0 Å². The molecule has 10 heteroatoms. The first-order chi connectivity index (χ1) is 9.39. The van der Waals surface area contributed by atoms with Crippen LogP contribution in [0.4, 0.5) is 13.2 Å². The summed E-state index contributed by atoms with van der Waals surface area (Å²) in [6.07, 6.45) is -4.62. The zero-order chi connectivity index (χ0) is 16.4. The van der Waals surface area contributed by atoms with Crippen molar-refractivity contribution >= 4 is 23.2 Å². The Hall–Kier alpha value is -1.68. The number of rotatable bonds is 5. The maximum atomic E-state index is 12.5. The van der Waals surface area contributed by atoms with Crippen LogP contribution in [0.2, 0.25) is 0 Å². The van der Waals surface area contributed by atoms with Crippen LogP contribution in [-0.2, 0) is 0 Å². The quantitative estimate of drug-likeness (QED) is 0.844. The van der Waals surface area contributed by atoms with E-state index in [1.54, 1.807) is 0 Å². The van der Waals surface area contributed by atoms with E-state index in [0.717, 1.165) is 0 Å². The highest BCUT2D eigenvalue weighted by atomic mass is 32.1. The number of thiazole rings is 1. The summed E-state index contributed by atoms with van der Waals surface area (Å²) < 4.78 is 37.6. The number of carbonyl (C=O) groups is 2. The number of aromatic nitrogens is 1. The van der Waals surface area contributed by atoms with Crippen LogP contribution in [0.5, 0.6) is 0 Å². The van der Waals surface area contributed by atoms with Gasteiger partial charge in [-0.15, -0.1) is 11.3 Å². The van der Waals surface area contributed by atoms with Gasteiger partial charge in [-0.1, -0.05) is 0 Å². The highest BCUT2D eigenvalue weighted by molar-refractivity contribution is 7.11. The Labute approximate surface area is 122 Å². The molecule has 0 aliphatic rings. The minimum atomic E-state index is -4.62. The van der Waals surface area contributed by atoms with E-state index < -0.39 is 36.7 Å². The van der Waals surface area contributed by atoms with E-state index in [2.05, 4.69) is 4.98 Å². The van der Waals surface area contributed by atoms with Gasteiger partial charge in [-0.3, -0.25) is 9.59 Å². The van der Waals surface area contributed by atoms with Crippen LogP contribution < -0.4 is 5.73 Å². The minimum Gasteiger partial charge on any atom is -0.389 e. The molecule has 0 aliphatic carbocycles. The van der Waals surface area contributed by atoms with E-state index in [0.29, 0.717) is 16.2 Å². The Morgan fingerprint density at radius 1 is 1.38 bits per heavy atom. The van der Waals surface area contributed by atoms with Gasteiger partial charge < -0.3 is 15.7 Å². The fraction of sp³-hybridized carbons (Fsp3) is 0.545. The van der Waals surface area contributed by atoms with Crippen molar-refractivity contribution in [3.05, 3.63) is 16.1 Å². The number of primary amides is 1. The molecular weight excluding hydrogens is 311 g/mol. The van der Waals surface area contributed by atoms with E-state index in [-0.39, 0.29) is 10.7 Å². The number of alkyl halides is 3. The highest BCUT2D eigenvalue weighted by Crippen LogP contribution is 2.21. The molecule has 0 saturated carbocycles. The summed E-state index contributed by atoms with van der Waals surface area (Å²) in [6.45, 7) is 0.499. The molecule has 1 aromatic rings. The lowest BCUT2D eigenvalue weighted by Gasteiger charge is -2.29. The van der Waals surface area contributed by atoms with Crippen molar-refractivity contribution in [2.24, 2.45) is 5.73 Å². The molecule has 0 atom stereocenters. The average Bonchev–Trinajstić information content (AvgIpc) is 2.72.